The fraction of sp³-hybridized carbons (Fsp3) is 0.375. The summed E-state index contributed by atoms with van der Waals surface area (Å²) in [6.45, 7) is 4.01. The highest BCUT2D eigenvalue weighted by atomic mass is 16.5. The Labute approximate surface area is 120 Å². The Hall–Kier alpha value is -2.10. The molecule has 0 atom stereocenters. The number of ether oxygens (including phenoxy) is 2. The van der Waals surface area contributed by atoms with E-state index in [2.05, 4.69) is 35.1 Å². The van der Waals surface area contributed by atoms with Crippen LogP contribution in [-0.2, 0) is 13.1 Å². The van der Waals surface area contributed by atoms with Crippen molar-refractivity contribution < 1.29 is 9.47 Å². The van der Waals surface area contributed by atoms with Crippen molar-refractivity contribution in [2.75, 3.05) is 19.5 Å². The summed E-state index contributed by atoms with van der Waals surface area (Å²) < 4.78 is 12.8. The molecule has 0 saturated carbocycles. The predicted octanol–water partition coefficient (Wildman–Crippen LogP) is 3.53. The summed E-state index contributed by atoms with van der Waals surface area (Å²) in [4.78, 5) is 0. The Balaban J connectivity index is 2.08. The molecule has 0 spiro atoms. The lowest BCUT2D eigenvalue weighted by Gasteiger charge is -2.12. The zero-order valence-corrected chi connectivity index (χ0v) is 12.3. The molecule has 1 heterocycles. The van der Waals surface area contributed by atoms with E-state index in [-0.39, 0.29) is 0 Å². The van der Waals surface area contributed by atoms with Gasteiger partial charge in [-0.05, 0) is 18.6 Å². The monoisotopic (exact) mass is 274 g/mol. The van der Waals surface area contributed by atoms with Crippen LogP contribution in [0.2, 0.25) is 0 Å². The van der Waals surface area contributed by atoms with Crippen LogP contribution in [0.3, 0.4) is 0 Å². The number of anilines is 1. The molecule has 1 aromatic carbocycles. The molecule has 0 bridgehead atoms. The SMILES string of the molecule is CCCn1cccc1CNc1cc(OC)cc(OC)c1. The van der Waals surface area contributed by atoms with Crippen LogP contribution in [0.25, 0.3) is 0 Å². The molecule has 0 aliphatic heterocycles. The van der Waals surface area contributed by atoms with E-state index in [1.165, 1.54) is 5.69 Å². The van der Waals surface area contributed by atoms with Crippen molar-refractivity contribution in [1.82, 2.24) is 4.57 Å². The zero-order chi connectivity index (χ0) is 14.4. The van der Waals surface area contributed by atoms with Gasteiger partial charge in [0.2, 0.25) is 0 Å². The largest absolute Gasteiger partial charge is 0.497 e. The molecule has 2 rings (SSSR count). The normalized spacial score (nSPS) is 10.3. The molecular weight excluding hydrogens is 252 g/mol. The first-order valence-electron chi connectivity index (χ1n) is 6.87. The number of nitrogens with zero attached hydrogens (tertiary/aromatic N) is 1. The van der Waals surface area contributed by atoms with Crippen molar-refractivity contribution in [2.24, 2.45) is 0 Å². The summed E-state index contributed by atoms with van der Waals surface area (Å²) >= 11 is 0. The van der Waals surface area contributed by atoms with E-state index in [1.807, 2.05) is 18.2 Å². The van der Waals surface area contributed by atoms with Crippen LogP contribution in [0, 0.1) is 0 Å². The third-order valence-electron chi connectivity index (χ3n) is 3.21. The minimum atomic E-state index is 0.781. The molecule has 4 nitrogen and oxygen atoms in total. The third-order valence-corrected chi connectivity index (χ3v) is 3.21. The molecule has 20 heavy (non-hydrogen) atoms. The molecule has 0 aliphatic rings. The van der Waals surface area contributed by atoms with Crippen molar-refractivity contribution in [3.8, 4) is 11.5 Å². The first-order valence-corrected chi connectivity index (χ1v) is 6.87. The topological polar surface area (TPSA) is 35.4 Å². The number of nitrogens with one attached hydrogen (secondary N) is 1. The lowest BCUT2D eigenvalue weighted by Crippen LogP contribution is -2.07. The van der Waals surface area contributed by atoms with Gasteiger partial charge in [-0.3, -0.25) is 0 Å². The van der Waals surface area contributed by atoms with E-state index >= 15 is 0 Å². The maximum absolute atomic E-state index is 5.27. The van der Waals surface area contributed by atoms with Crippen LogP contribution < -0.4 is 14.8 Å². The number of hydrogen-bond donors (Lipinski definition) is 1. The second kappa shape index (κ2) is 6.89. The molecule has 2 aromatic rings. The third kappa shape index (κ3) is 3.47. The zero-order valence-electron chi connectivity index (χ0n) is 12.3. The van der Waals surface area contributed by atoms with Crippen molar-refractivity contribution in [3.63, 3.8) is 0 Å². The van der Waals surface area contributed by atoms with Crippen LogP contribution in [0.1, 0.15) is 19.0 Å². The quantitative estimate of drug-likeness (QED) is 0.839. The molecule has 0 radical (unpaired) electrons. The highest BCUT2D eigenvalue weighted by Gasteiger charge is 2.03. The molecule has 0 fully saturated rings. The van der Waals surface area contributed by atoms with E-state index < -0.39 is 0 Å². The van der Waals surface area contributed by atoms with Gasteiger partial charge in [0, 0.05) is 42.3 Å². The highest BCUT2D eigenvalue weighted by molar-refractivity contribution is 5.53. The van der Waals surface area contributed by atoms with E-state index in [9.17, 15) is 0 Å². The minimum absolute atomic E-state index is 0.781. The van der Waals surface area contributed by atoms with E-state index in [1.54, 1.807) is 14.2 Å². The van der Waals surface area contributed by atoms with Crippen molar-refractivity contribution >= 4 is 5.69 Å². The standard InChI is InChI=1S/C16H22N2O2/c1-4-7-18-8-5-6-14(18)12-17-13-9-15(19-2)11-16(10-13)20-3/h5-6,8-11,17H,4,7,12H2,1-3H3. The van der Waals surface area contributed by atoms with Crippen LogP contribution >= 0.6 is 0 Å². The smallest absolute Gasteiger partial charge is 0.124 e. The van der Waals surface area contributed by atoms with E-state index in [0.29, 0.717) is 0 Å². The summed E-state index contributed by atoms with van der Waals surface area (Å²) in [6, 6.07) is 10.0. The van der Waals surface area contributed by atoms with Gasteiger partial charge >= 0.3 is 0 Å². The van der Waals surface area contributed by atoms with Gasteiger partial charge in [-0.2, -0.15) is 0 Å². The Morgan fingerprint density at radius 1 is 1.10 bits per heavy atom. The van der Waals surface area contributed by atoms with Crippen LogP contribution in [0.4, 0.5) is 5.69 Å². The van der Waals surface area contributed by atoms with Crippen LogP contribution in [0.5, 0.6) is 11.5 Å². The first kappa shape index (κ1) is 14.3. The average molecular weight is 274 g/mol. The lowest BCUT2D eigenvalue weighted by atomic mass is 10.2. The second-order valence-corrected chi connectivity index (χ2v) is 4.65. The number of hydrogen-bond acceptors (Lipinski definition) is 3. The molecule has 0 saturated heterocycles. The number of rotatable bonds is 7. The highest BCUT2D eigenvalue weighted by Crippen LogP contribution is 2.26. The van der Waals surface area contributed by atoms with Crippen LogP contribution in [-0.4, -0.2) is 18.8 Å². The molecular formula is C16H22N2O2. The maximum Gasteiger partial charge on any atom is 0.124 e. The van der Waals surface area contributed by atoms with Gasteiger partial charge < -0.3 is 19.4 Å². The molecule has 1 aromatic heterocycles. The van der Waals surface area contributed by atoms with E-state index in [4.69, 9.17) is 9.47 Å². The molecule has 1 N–H and O–H groups in total. The fourth-order valence-electron chi connectivity index (χ4n) is 2.17. The number of aromatic nitrogens is 1. The van der Waals surface area contributed by atoms with Gasteiger partial charge in [0.25, 0.3) is 0 Å². The summed E-state index contributed by atoms with van der Waals surface area (Å²) in [5.74, 6) is 1.58. The average Bonchev–Trinajstić information content (AvgIpc) is 2.92. The maximum atomic E-state index is 5.27. The predicted molar refractivity (Wildman–Crippen MR) is 81.6 cm³/mol. The van der Waals surface area contributed by atoms with Crippen LogP contribution in [0.15, 0.2) is 36.5 Å². The van der Waals surface area contributed by atoms with Crippen molar-refractivity contribution in [2.45, 2.75) is 26.4 Å². The number of methoxy groups -OCH3 is 2. The van der Waals surface area contributed by atoms with Gasteiger partial charge in [-0.15, -0.1) is 0 Å². The number of benzene rings is 1. The molecule has 0 unspecified atom stereocenters. The van der Waals surface area contributed by atoms with Crippen molar-refractivity contribution in [3.05, 3.63) is 42.2 Å². The second-order valence-electron chi connectivity index (χ2n) is 4.65. The first-order chi connectivity index (χ1) is 9.76. The molecule has 4 heteroatoms. The fourth-order valence-corrected chi connectivity index (χ4v) is 2.17. The Kier molecular flexibility index (Phi) is 4.93. The van der Waals surface area contributed by atoms with Gasteiger partial charge in [0.15, 0.2) is 0 Å². The van der Waals surface area contributed by atoms with Gasteiger partial charge in [-0.25, -0.2) is 0 Å². The van der Waals surface area contributed by atoms with E-state index in [0.717, 1.165) is 36.7 Å². The lowest BCUT2D eigenvalue weighted by molar-refractivity contribution is 0.394. The van der Waals surface area contributed by atoms with Gasteiger partial charge in [0.1, 0.15) is 11.5 Å². The summed E-state index contributed by atoms with van der Waals surface area (Å²) in [5.41, 5.74) is 2.26. The number of aryl methyl sites for hydroxylation is 1. The van der Waals surface area contributed by atoms with Gasteiger partial charge in [-0.1, -0.05) is 6.92 Å². The van der Waals surface area contributed by atoms with Crippen molar-refractivity contribution in [1.29, 1.82) is 0 Å². The summed E-state index contributed by atoms with van der Waals surface area (Å²) in [7, 11) is 3.32. The Bertz CT molecular complexity index is 527. The summed E-state index contributed by atoms with van der Waals surface area (Å²) in [5, 5.41) is 3.41. The Morgan fingerprint density at radius 2 is 1.80 bits per heavy atom. The molecule has 0 aliphatic carbocycles. The molecule has 0 amide bonds. The minimum Gasteiger partial charge on any atom is -0.497 e. The summed E-state index contributed by atoms with van der Waals surface area (Å²) in [6.07, 6.45) is 3.25. The Morgan fingerprint density at radius 3 is 2.40 bits per heavy atom. The molecule has 108 valence electrons. The van der Waals surface area contributed by atoms with Gasteiger partial charge in [0.05, 0.1) is 20.8 Å².